The lowest BCUT2D eigenvalue weighted by Crippen LogP contribution is -2.53. The van der Waals surface area contributed by atoms with Crippen LogP contribution >= 0.6 is 0 Å². The van der Waals surface area contributed by atoms with E-state index >= 15 is 0 Å². The molecule has 0 aliphatic rings. The summed E-state index contributed by atoms with van der Waals surface area (Å²) in [6.45, 7) is -0.441. The van der Waals surface area contributed by atoms with Crippen molar-refractivity contribution in [2.75, 3.05) is 6.54 Å². The monoisotopic (exact) mass is 318 g/mol. The molecule has 3 amide bonds. The lowest BCUT2D eigenvalue weighted by molar-refractivity contribution is -0.143. The van der Waals surface area contributed by atoms with Crippen molar-refractivity contribution in [1.82, 2.24) is 10.6 Å². The maximum atomic E-state index is 11.9. The Bertz CT molecular complexity index is 465. The van der Waals surface area contributed by atoms with Gasteiger partial charge < -0.3 is 32.3 Å². The summed E-state index contributed by atoms with van der Waals surface area (Å²) in [6, 6.07) is -2.87. The fraction of sp³-hybridized carbons (Fsp3) is 0.545. The number of rotatable bonds is 10. The summed E-state index contributed by atoms with van der Waals surface area (Å²) in [5.41, 5.74) is 10.0. The molecule has 0 aliphatic carbocycles. The number of carbonyl (C=O) groups excluding carboxylic acids is 3. The molecule has 0 fully saturated rings. The molecule has 0 heterocycles. The highest BCUT2D eigenvalue weighted by atomic mass is 16.4. The van der Waals surface area contributed by atoms with Crippen molar-refractivity contribution >= 4 is 29.7 Å². The number of carboxylic acid groups (broad SMARTS) is 2. The first kappa shape index (κ1) is 19.3. The Hall–Kier alpha value is -2.69. The van der Waals surface area contributed by atoms with Crippen molar-refractivity contribution in [3.63, 3.8) is 0 Å². The molecular formula is C11H18N4O7. The van der Waals surface area contributed by atoms with E-state index in [1.165, 1.54) is 0 Å². The molecule has 0 aromatic heterocycles. The van der Waals surface area contributed by atoms with E-state index in [1.807, 2.05) is 5.32 Å². The molecule has 124 valence electrons. The highest BCUT2D eigenvalue weighted by molar-refractivity contribution is 5.93. The van der Waals surface area contributed by atoms with Crippen LogP contribution < -0.4 is 22.1 Å². The molecule has 11 heteroatoms. The van der Waals surface area contributed by atoms with Crippen LogP contribution in [0.4, 0.5) is 0 Å². The van der Waals surface area contributed by atoms with E-state index in [4.69, 9.17) is 21.7 Å². The predicted octanol–water partition coefficient (Wildman–Crippen LogP) is -3.26. The average molecular weight is 318 g/mol. The summed E-state index contributed by atoms with van der Waals surface area (Å²) >= 11 is 0. The zero-order valence-corrected chi connectivity index (χ0v) is 11.6. The SMILES string of the molecule is NCC(=O)NC(CC(N)=O)C(=O)NC(CCC(=O)O)C(=O)O. The molecule has 0 aliphatic heterocycles. The second kappa shape index (κ2) is 9.28. The minimum Gasteiger partial charge on any atom is -0.481 e. The van der Waals surface area contributed by atoms with Crippen molar-refractivity contribution in [1.29, 1.82) is 0 Å². The quantitative estimate of drug-likeness (QED) is 0.241. The van der Waals surface area contributed by atoms with Crippen LogP contribution in [0.1, 0.15) is 19.3 Å². The first-order chi connectivity index (χ1) is 10.2. The first-order valence-corrected chi connectivity index (χ1v) is 6.20. The fourth-order valence-corrected chi connectivity index (χ4v) is 1.46. The summed E-state index contributed by atoms with van der Waals surface area (Å²) in [7, 11) is 0. The molecular weight excluding hydrogens is 300 g/mol. The number of nitrogens with one attached hydrogen (secondary N) is 2. The summed E-state index contributed by atoms with van der Waals surface area (Å²) in [5, 5.41) is 21.6. The van der Waals surface area contributed by atoms with E-state index in [9.17, 15) is 24.0 Å². The van der Waals surface area contributed by atoms with Crippen LogP contribution in [0.15, 0.2) is 0 Å². The lowest BCUT2D eigenvalue weighted by Gasteiger charge is -2.20. The number of hydrogen-bond donors (Lipinski definition) is 6. The number of carboxylic acids is 2. The van der Waals surface area contributed by atoms with Crippen LogP contribution in [-0.4, -0.2) is 58.5 Å². The Kier molecular flexibility index (Phi) is 8.15. The van der Waals surface area contributed by atoms with E-state index in [-0.39, 0.29) is 6.42 Å². The maximum absolute atomic E-state index is 11.9. The fourth-order valence-electron chi connectivity index (χ4n) is 1.46. The van der Waals surface area contributed by atoms with Gasteiger partial charge in [-0.2, -0.15) is 0 Å². The van der Waals surface area contributed by atoms with Crippen molar-refractivity contribution in [2.45, 2.75) is 31.3 Å². The number of carbonyl (C=O) groups is 5. The van der Waals surface area contributed by atoms with Crippen molar-refractivity contribution in [2.24, 2.45) is 11.5 Å². The smallest absolute Gasteiger partial charge is 0.326 e. The van der Waals surface area contributed by atoms with Gasteiger partial charge in [0.2, 0.25) is 17.7 Å². The van der Waals surface area contributed by atoms with Gasteiger partial charge >= 0.3 is 11.9 Å². The molecule has 2 unspecified atom stereocenters. The topological polar surface area (TPSA) is 202 Å². The third-order valence-corrected chi connectivity index (χ3v) is 2.50. The van der Waals surface area contributed by atoms with E-state index in [2.05, 4.69) is 5.32 Å². The van der Waals surface area contributed by atoms with E-state index in [1.54, 1.807) is 0 Å². The van der Waals surface area contributed by atoms with Crippen LogP contribution in [0.5, 0.6) is 0 Å². The lowest BCUT2D eigenvalue weighted by atomic mass is 10.1. The van der Waals surface area contributed by atoms with Gasteiger partial charge in [-0.3, -0.25) is 19.2 Å². The van der Waals surface area contributed by atoms with Gasteiger partial charge in [-0.25, -0.2) is 4.79 Å². The molecule has 0 aromatic carbocycles. The zero-order chi connectivity index (χ0) is 17.3. The van der Waals surface area contributed by atoms with Gasteiger partial charge in [0.05, 0.1) is 13.0 Å². The summed E-state index contributed by atoms with van der Waals surface area (Å²) in [5.74, 6) is -5.28. The second-order valence-corrected chi connectivity index (χ2v) is 4.33. The Morgan fingerprint density at radius 1 is 1.00 bits per heavy atom. The van der Waals surface area contributed by atoms with E-state index in [0.29, 0.717) is 0 Å². The maximum Gasteiger partial charge on any atom is 0.326 e. The van der Waals surface area contributed by atoms with Crippen LogP contribution in [0.3, 0.4) is 0 Å². The largest absolute Gasteiger partial charge is 0.481 e. The number of primary amides is 1. The summed E-state index contributed by atoms with van der Waals surface area (Å²) in [4.78, 5) is 55.4. The molecule has 0 saturated carbocycles. The van der Waals surface area contributed by atoms with Crippen molar-refractivity contribution in [3.05, 3.63) is 0 Å². The molecule has 0 spiro atoms. The minimum atomic E-state index is -1.48. The van der Waals surface area contributed by atoms with E-state index in [0.717, 1.165) is 0 Å². The third-order valence-electron chi connectivity index (χ3n) is 2.50. The number of aliphatic carboxylic acids is 2. The average Bonchev–Trinajstić information content (AvgIpc) is 2.41. The van der Waals surface area contributed by atoms with Crippen LogP contribution in [0.25, 0.3) is 0 Å². The normalized spacial score (nSPS) is 12.8. The molecule has 0 rings (SSSR count). The highest BCUT2D eigenvalue weighted by Crippen LogP contribution is 2.01. The molecule has 11 nitrogen and oxygen atoms in total. The number of hydrogen-bond acceptors (Lipinski definition) is 6. The van der Waals surface area contributed by atoms with Gasteiger partial charge in [0.25, 0.3) is 0 Å². The Balaban J connectivity index is 4.86. The molecule has 0 radical (unpaired) electrons. The van der Waals surface area contributed by atoms with Gasteiger partial charge in [0.15, 0.2) is 0 Å². The molecule has 2 atom stereocenters. The van der Waals surface area contributed by atoms with Gasteiger partial charge in [0.1, 0.15) is 12.1 Å². The zero-order valence-electron chi connectivity index (χ0n) is 11.6. The van der Waals surface area contributed by atoms with Gasteiger partial charge in [-0.15, -0.1) is 0 Å². The predicted molar refractivity (Wildman–Crippen MR) is 71.2 cm³/mol. The first-order valence-electron chi connectivity index (χ1n) is 6.20. The Morgan fingerprint density at radius 3 is 2.00 bits per heavy atom. The Morgan fingerprint density at radius 2 is 1.59 bits per heavy atom. The highest BCUT2D eigenvalue weighted by Gasteiger charge is 2.27. The summed E-state index contributed by atoms with van der Waals surface area (Å²) < 4.78 is 0. The number of amides is 3. The van der Waals surface area contributed by atoms with Crippen LogP contribution in [-0.2, 0) is 24.0 Å². The minimum absolute atomic E-state index is 0.357. The Labute approximate surface area is 125 Å². The molecule has 22 heavy (non-hydrogen) atoms. The second-order valence-electron chi connectivity index (χ2n) is 4.33. The third kappa shape index (κ3) is 7.79. The number of nitrogens with two attached hydrogens (primary N) is 2. The van der Waals surface area contributed by atoms with Gasteiger partial charge in [-0.05, 0) is 6.42 Å². The van der Waals surface area contributed by atoms with Gasteiger partial charge in [-0.1, -0.05) is 0 Å². The van der Waals surface area contributed by atoms with E-state index < -0.39 is 61.1 Å². The molecule has 8 N–H and O–H groups in total. The van der Waals surface area contributed by atoms with Crippen molar-refractivity contribution < 1.29 is 34.2 Å². The summed E-state index contributed by atoms with van der Waals surface area (Å²) in [6.07, 6.45) is -1.39. The molecule has 0 saturated heterocycles. The molecule has 0 aromatic rings. The standard InChI is InChI=1S/C11H18N4O7/c12-4-8(17)14-6(3-7(13)16)10(20)15-5(11(21)22)1-2-9(18)19/h5-6H,1-4,12H2,(H2,13,16)(H,14,17)(H,15,20)(H,18,19)(H,21,22). The van der Waals surface area contributed by atoms with Crippen molar-refractivity contribution in [3.8, 4) is 0 Å². The molecule has 0 bridgehead atoms. The van der Waals surface area contributed by atoms with Crippen LogP contribution in [0.2, 0.25) is 0 Å². The van der Waals surface area contributed by atoms with Gasteiger partial charge in [0, 0.05) is 6.42 Å². The van der Waals surface area contributed by atoms with Crippen LogP contribution in [0, 0.1) is 0 Å².